The second-order valence-electron chi connectivity index (χ2n) is 4.51. The van der Waals surface area contributed by atoms with E-state index in [0.29, 0.717) is 12.1 Å². The van der Waals surface area contributed by atoms with E-state index in [9.17, 15) is 9.59 Å². The van der Waals surface area contributed by atoms with Crippen LogP contribution in [0.4, 0.5) is 0 Å². The zero-order valence-corrected chi connectivity index (χ0v) is 11.3. The van der Waals surface area contributed by atoms with Crippen LogP contribution in [-0.4, -0.2) is 22.2 Å². The minimum Gasteiger partial charge on any atom is -0.456 e. The molecule has 1 saturated heterocycles. The molecule has 0 spiro atoms. The Morgan fingerprint density at radius 1 is 1.42 bits per heavy atom. The van der Waals surface area contributed by atoms with Gasteiger partial charge in [0.05, 0.1) is 11.8 Å². The molecule has 0 aliphatic carbocycles. The molecule has 1 amide bonds. The molecule has 0 bridgehead atoms. The van der Waals surface area contributed by atoms with Gasteiger partial charge in [0.1, 0.15) is 12.3 Å². The number of amides is 1. The van der Waals surface area contributed by atoms with Gasteiger partial charge in [-0.3, -0.25) is 9.69 Å². The lowest BCUT2D eigenvalue weighted by Crippen LogP contribution is -2.48. The highest BCUT2D eigenvalue weighted by atomic mass is 32.2. The van der Waals surface area contributed by atoms with Crippen molar-refractivity contribution < 1.29 is 14.3 Å². The highest BCUT2D eigenvalue weighted by Crippen LogP contribution is 2.45. The number of carbonyl (C=O) groups is 2. The standard InChI is InChI=1S/C14H13NO3S/c1-9-13(15-11(16)7-12(15)19-9)14(17)18-8-10-5-3-2-4-6-10/h2-6,12H,7-8H2,1H3/t12-/m0/s1. The number of hydrogen-bond acceptors (Lipinski definition) is 4. The highest BCUT2D eigenvalue weighted by Gasteiger charge is 2.47. The van der Waals surface area contributed by atoms with Crippen molar-refractivity contribution in [3.05, 3.63) is 46.5 Å². The van der Waals surface area contributed by atoms with Gasteiger partial charge in [0, 0.05) is 4.91 Å². The van der Waals surface area contributed by atoms with Gasteiger partial charge in [-0.15, -0.1) is 11.8 Å². The molecule has 1 fully saturated rings. The van der Waals surface area contributed by atoms with Gasteiger partial charge in [0.2, 0.25) is 5.91 Å². The number of esters is 1. The number of thioether (sulfide) groups is 1. The molecule has 0 N–H and O–H groups in total. The van der Waals surface area contributed by atoms with Crippen LogP contribution in [0.2, 0.25) is 0 Å². The van der Waals surface area contributed by atoms with Crippen molar-refractivity contribution in [2.24, 2.45) is 0 Å². The lowest BCUT2D eigenvalue weighted by molar-refractivity contribution is -0.149. The fraction of sp³-hybridized carbons (Fsp3) is 0.286. The van der Waals surface area contributed by atoms with E-state index in [1.54, 1.807) is 16.7 Å². The largest absolute Gasteiger partial charge is 0.456 e. The number of carbonyl (C=O) groups excluding carboxylic acids is 2. The Bertz CT molecular complexity index is 567. The fourth-order valence-electron chi connectivity index (χ4n) is 2.21. The van der Waals surface area contributed by atoms with E-state index in [1.807, 2.05) is 37.3 Å². The van der Waals surface area contributed by atoms with E-state index in [4.69, 9.17) is 4.74 Å². The number of hydrogen-bond donors (Lipinski definition) is 0. The van der Waals surface area contributed by atoms with Crippen molar-refractivity contribution in [2.45, 2.75) is 25.3 Å². The van der Waals surface area contributed by atoms with E-state index >= 15 is 0 Å². The van der Waals surface area contributed by atoms with Crippen LogP contribution < -0.4 is 0 Å². The summed E-state index contributed by atoms with van der Waals surface area (Å²) in [6, 6.07) is 9.50. The van der Waals surface area contributed by atoms with Crippen LogP contribution in [0.3, 0.4) is 0 Å². The lowest BCUT2D eigenvalue weighted by Gasteiger charge is -2.34. The van der Waals surface area contributed by atoms with Crippen LogP contribution in [0.5, 0.6) is 0 Å². The van der Waals surface area contributed by atoms with Crippen LogP contribution >= 0.6 is 11.8 Å². The maximum Gasteiger partial charge on any atom is 0.356 e. The second-order valence-corrected chi connectivity index (χ2v) is 5.90. The number of β-lactam (4-membered cyclic amide) rings is 1. The van der Waals surface area contributed by atoms with Crippen LogP contribution in [0.1, 0.15) is 18.9 Å². The number of benzene rings is 1. The molecule has 4 nitrogen and oxygen atoms in total. The maximum absolute atomic E-state index is 12.1. The smallest absolute Gasteiger partial charge is 0.356 e. The van der Waals surface area contributed by atoms with Gasteiger partial charge in [0.25, 0.3) is 0 Å². The van der Waals surface area contributed by atoms with Crippen molar-refractivity contribution in [2.75, 3.05) is 0 Å². The monoisotopic (exact) mass is 275 g/mol. The molecule has 2 aliphatic heterocycles. The minimum absolute atomic E-state index is 0.000936. The van der Waals surface area contributed by atoms with E-state index in [1.165, 1.54) is 0 Å². The summed E-state index contributed by atoms with van der Waals surface area (Å²) in [4.78, 5) is 26.0. The third-order valence-electron chi connectivity index (χ3n) is 3.20. The number of nitrogens with zero attached hydrogens (tertiary/aromatic N) is 1. The van der Waals surface area contributed by atoms with Gasteiger partial charge in [-0.2, -0.15) is 0 Å². The van der Waals surface area contributed by atoms with Crippen molar-refractivity contribution >= 4 is 23.6 Å². The zero-order valence-electron chi connectivity index (χ0n) is 10.5. The molecule has 1 aromatic carbocycles. The first-order valence-corrected chi connectivity index (χ1v) is 6.95. The second kappa shape index (κ2) is 4.74. The first kappa shape index (κ1) is 12.3. The van der Waals surface area contributed by atoms with E-state index in [-0.39, 0.29) is 17.9 Å². The van der Waals surface area contributed by atoms with Crippen LogP contribution in [0.25, 0.3) is 0 Å². The average molecular weight is 275 g/mol. The molecular formula is C14H13NO3S. The zero-order chi connectivity index (χ0) is 13.4. The van der Waals surface area contributed by atoms with Gasteiger partial charge < -0.3 is 4.74 Å². The van der Waals surface area contributed by atoms with Crippen molar-refractivity contribution in [1.82, 2.24) is 4.90 Å². The van der Waals surface area contributed by atoms with Gasteiger partial charge in [-0.1, -0.05) is 30.3 Å². The molecule has 5 heteroatoms. The highest BCUT2D eigenvalue weighted by molar-refractivity contribution is 8.04. The summed E-state index contributed by atoms with van der Waals surface area (Å²) >= 11 is 1.56. The average Bonchev–Trinajstić information content (AvgIpc) is 2.68. The summed E-state index contributed by atoms with van der Waals surface area (Å²) in [6.45, 7) is 2.09. The Hall–Kier alpha value is -1.75. The SMILES string of the molecule is CC1=C(C(=O)OCc2ccccc2)N2C(=O)C[C@@H]2S1. The molecule has 0 aromatic heterocycles. The molecular weight excluding hydrogens is 262 g/mol. The van der Waals surface area contributed by atoms with Crippen molar-refractivity contribution in [3.63, 3.8) is 0 Å². The van der Waals surface area contributed by atoms with Crippen molar-refractivity contribution in [3.8, 4) is 0 Å². The van der Waals surface area contributed by atoms with Gasteiger partial charge in [-0.25, -0.2) is 4.79 Å². The summed E-state index contributed by atoms with van der Waals surface area (Å²) < 4.78 is 5.28. The Morgan fingerprint density at radius 2 is 2.16 bits per heavy atom. The topological polar surface area (TPSA) is 46.6 Å². The molecule has 19 heavy (non-hydrogen) atoms. The fourth-order valence-corrected chi connectivity index (χ4v) is 3.47. The number of allylic oxidation sites excluding steroid dienone is 1. The lowest BCUT2D eigenvalue weighted by atomic mass is 10.1. The summed E-state index contributed by atoms with van der Waals surface area (Å²) in [7, 11) is 0. The molecule has 0 saturated carbocycles. The molecule has 1 aromatic rings. The Kier molecular flexibility index (Phi) is 3.06. The first-order chi connectivity index (χ1) is 9.16. The molecule has 0 unspecified atom stereocenters. The van der Waals surface area contributed by atoms with Crippen molar-refractivity contribution in [1.29, 1.82) is 0 Å². The molecule has 0 radical (unpaired) electrons. The number of ether oxygens (including phenoxy) is 1. The normalized spacial score (nSPS) is 21.2. The van der Waals surface area contributed by atoms with Crippen LogP contribution in [-0.2, 0) is 20.9 Å². The Morgan fingerprint density at radius 3 is 2.84 bits per heavy atom. The van der Waals surface area contributed by atoms with Crippen LogP contribution in [0.15, 0.2) is 40.9 Å². The van der Waals surface area contributed by atoms with Gasteiger partial charge in [0.15, 0.2) is 0 Å². The Labute approximate surface area is 115 Å². The third kappa shape index (κ3) is 2.14. The number of rotatable bonds is 3. The summed E-state index contributed by atoms with van der Waals surface area (Å²) in [6.07, 6.45) is 0.511. The third-order valence-corrected chi connectivity index (χ3v) is 4.40. The van der Waals surface area contributed by atoms with Crippen LogP contribution in [0, 0.1) is 0 Å². The Balaban J connectivity index is 1.68. The first-order valence-electron chi connectivity index (χ1n) is 6.07. The summed E-state index contributed by atoms with van der Waals surface area (Å²) in [5.41, 5.74) is 1.36. The van der Waals surface area contributed by atoms with E-state index in [0.717, 1.165) is 10.5 Å². The maximum atomic E-state index is 12.1. The molecule has 2 aliphatic rings. The molecule has 2 heterocycles. The predicted octanol–water partition coefficient (Wildman–Crippen LogP) is 2.27. The molecule has 1 atom stereocenters. The number of fused-ring (bicyclic) bond motifs is 1. The van der Waals surface area contributed by atoms with E-state index in [2.05, 4.69) is 0 Å². The minimum atomic E-state index is -0.413. The summed E-state index contributed by atoms with van der Waals surface area (Å²) in [5, 5.41) is 0.103. The van der Waals surface area contributed by atoms with E-state index < -0.39 is 5.97 Å². The molecule has 3 rings (SSSR count). The molecule has 98 valence electrons. The van der Waals surface area contributed by atoms with Gasteiger partial charge in [-0.05, 0) is 12.5 Å². The van der Waals surface area contributed by atoms with Gasteiger partial charge >= 0.3 is 5.97 Å². The quantitative estimate of drug-likeness (QED) is 0.627. The summed E-state index contributed by atoms with van der Waals surface area (Å²) in [5.74, 6) is -0.412. The predicted molar refractivity (Wildman–Crippen MR) is 71.8 cm³/mol.